The van der Waals surface area contributed by atoms with Gasteiger partial charge in [0.1, 0.15) is 0 Å². The number of hydrogen-bond donors (Lipinski definition) is 0. The van der Waals surface area contributed by atoms with Crippen LogP contribution in [0.1, 0.15) is 21.5 Å². The van der Waals surface area contributed by atoms with Crippen LogP contribution in [0.25, 0.3) is 6.08 Å². The van der Waals surface area contributed by atoms with Crippen molar-refractivity contribution in [2.24, 2.45) is 0 Å². The zero-order valence-electron chi connectivity index (χ0n) is 14.2. The van der Waals surface area contributed by atoms with Crippen molar-refractivity contribution in [2.75, 3.05) is 32.7 Å². The molecule has 0 aromatic heterocycles. The predicted molar refractivity (Wildman–Crippen MR) is 99.0 cm³/mol. The number of carbonyl (C=O) groups is 1. The van der Waals surface area contributed by atoms with E-state index < -0.39 is 0 Å². The Labute approximate surface area is 144 Å². The summed E-state index contributed by atoms with van der Waals surface area (Å²) in [6, 6.07) is 18.2. The molecular formula is C21H24N2O. The van der Waals surface area contributed by atoms with Crippen molar-refractivity contribution in [3.05, 3.63) is 77.4 Å². The number of amides is 1. The second kappa shape index (κ2) is 7.93. The molecule has 0 spiro atoms. The fraction of sp³-hybridized carbons (Fsp3) is 0.286. The maximum Gasteiger partial charge on any atom is 0.253 e. The molecule has 0 bridgehead atoms. The van der Waals surface area contributed by atoms with Gasteiger partial charge >= 0.3 is 0 Å². The highest BCUT2D eigenvalue weighted by Gasteiger charge is 2.21. The van der Waals surface area contributed by atoms with Crippen molar-refractivity contribution < 1.29 is 4.79 Å². The van der Waals surface area contributed by atoms with E-state index in [1.54, 1.807) is 0 Å². The monoisotopic (exact) mass is 320 g/mol. The van der Waals surface area contributed by atoms with E-state index in [9.17, 15) is 4.79 Å². The first-order chi connectivity index (χ1) is 11.7. The van der Waals surface area contributed by atoms with Crippen LogP contribution in [-0.2, 0) is 0 Å². The average Bonchev–Trinajstić information content (AvgIpc) is 2.63. The maximum atomic E-state index is 12.6. The molecule has 2 aromatic rings. The second-order valence-corrected chi connectivity index (χ2v) is 6.28. The standard InChI is InChI=1S/C21H24N2O/c1-18-7-5-11-20(17-18)21(24)23-15-13-22(14-16-23)12-6-10-19-8-3-2-4-9-19/h2-11,17H,12-16H2,1H3/b10-6+. The van der Waals surface area contributed by atoms with Crippen LogP contribution < -0.4 is 0 Å². The topological polar surface area (TPSA) is 23.6 Å². The van der Waals surface area contributed by atoms with Gasteiger partial charge in [-0.25, -0.2) is 0 Å². The molecule has 24 heavy (non-hydrogen) atoms. The van der Waals surface area contributed by atoms with E-state index in [1.807, 2.05) is 42.2 Å². The Balaban J connectivity index is 1.49. The van der Waals surface area contributed by atoms with Gasteiger partial charge in [-0.05, 0) is 24.6 Å². The molecule has 1 heterocycles. The second-order valence-electron chi connectivity index (χ2n) is 6.28. The van der Waals surface area contributed by atoms with E-state index in [-0.39, 0.29) is 5.91 Å². The Kier molecular flexibility index (Phi) is 5.44. The van der Waals surface area contributed by atoms with E-state index in [0.29, 0.717) is 0 Å². The van der Waals surface area contributed by atoms with Gasteiger partial charge in [-0.1, -0.05) is 60.2 Å². The van der Waals surface area contributed by atoms with Gasteiger partial charge in [0.05, 0.1) is 0 Å². The van der Waals surface area contributed by atoms with Crippen molar-refractivity contribution in [3.63, 3.8) is 0 Å². The van der Waals surface area contributed by atoms with Gasteiger partial charge in [-0.15, -0.1) is 0 Å². The van der Waals surface area contributed by atoms with E-state index >= 15 is 0 Å². The fourth-order valence-electron chi connectivity index (χ4n) is 3.00. The van der Waals surface area contributed by atoms with Crippen LogP contribution >= 0.6 is 0 Å². The highest BCUT2D eigenvalue weighted by Crippen LogP contribution is 2.11. The Morgan fingerprint density at radius 2 is 1.75 bits per heavy atom. The highest BCUT2D eigenvalue weighted by molar-refractivity contribution is 5.94. The number of piperazine rings is 1. The first kappa shape index (κ1) is 16.5. The summed E-state index contributed by atoms with van der Waals surface area (Å²) in [6.45, 7) is 6.40. The van der Waals surface area contributed by atoms with E-state index in [2.05, 4.69) is 41.3 Å². The lowest BCUT2D eigenvalue weighted by Gasteiger charge is -2.34. The summed E-state index contributed by atoms with van der Waals surface area (Å²) in [5.41, 5.74) is 3.16. The summed E-state index contributed by atoms with van der Waals surface area (Å²) in [6.07, 6.45) is 4.36. The average molecular weight is 320 g/mol. The van der Waals surface area contributed by atoms with Gasteiger partial charge in [0.25, 0.3) is 5.91 Å². The fourth-order valence-corrected chi connectivity index (χ4v) is 3.00. The molecule has 1 aliphatic rings. The molecule has 3 nitrogen and oxygen atoms in total. The van der Waals surface area contributed by atoms with Gasteiger partial charge in [-0.2, -0.15) is 0 Å². The summed E-state index contributed by atoms with van der Waals surface area (Å²) in [4.78, 5) is 16.9. The molecule has 3 heteroatoms. The molecule has 3 rings (SSSR count). The number of hydrogen-bond acceptors (Lipinski definition) is 2. The largest absolute Gasteiger partial charge is 0.336 e. The van der Waals surface area contributed by atoms with E-state index in [1.165, 1.54) is 5.56 Å². The number of nitrogens with zero attached hydrogens (tertiary/aromatic N) is 2. The van der Waals surface area contributed by atoms with Crippen molar-refractivity contribution in [1.29, 1.82) is 0 Å². The summed E-state index contributed by atoms with van der Waals surface area (Å²) < 4.78 is 0. The molecule has 0 radical (unpaired) electrons. The van der Waals surface area contributed by atoms with Crippen LogP contribution in [-0.4, -0.2) is 48.4 Å². The minimum Gasteiger partial charge on any atom is -0.336 e. The van der Waals surface area contributed by atoms with Gasteiger partial charge in [0, 0.05) is 38.3 Å². The summed E-state index contributed by atoms with van der Waals surface area (Å²) in [5.74, 6) is 0.151. The summed E-state index contributed by atoms with van der Waals surface area (Å²) in [7, 11) is 0. The first-order valence-corrected chi connectivity index (χ1v) is 8.52. The third-order valence-electron chi connectivity index (χ3n) is 4.40. The smallest absolute Gasteiger partial charge is 0.253 e. The maximum absolute atomic E-state index is 12.6. The highest BCUT2D eigenvalue weighted by atomic mass is 16.2. The van der Waals surface area contributed by atoms with E-state index in [0.717, 1.165) is 43.9 Å². The summed E-state index contributed by atoms with van der Waals surface area (Å²) in [5, 5.41) is 0. The molecule has 124 valence electrons. The van der Waals surface area contributed by atoms with Gasteiger partial charge in [0.15, 0.2) is 0 Å². The molecule has 0 saturated carbocycles. The Hall–Kier alpha value is -2.39. The van der Waals surface area contributed by atoms with Gasteiger partial charge in [-0.3, -0.25) is 9.69 Å². The van der Waals surface area contributed by atoms with Crippen LogP contribution in [0.4, 0.5) is 0 Å². The van der Waals surface area contributed by atoms with Crippen LogP contribution in [0.3, 0.4) is 0 Å². The molecule has 1 amide bonds. The van der Waals surface area contributed by atoms with Gasteiger partial charge < -0.3 is 4.90 Å². The zero-order valence-corrected chi connectivity index (χ0v) is 14.2. The third-order valence-corrected chi connectivity index (χ3v) is 4.40. The van der Waals surface area contributed by atoms with Crippen LogP contribution in [0, 0.1) is 6.92 Å². The molecule has 1 saturated heterocycles. The Bertz CT molecular complexity index is 701. The van der Waals surface area contributed by atoms with Crippen LogP contribution in [0.15, 0.2) is 60.7 Å². The molecule has 0 aliphatic carbocycles. The predicted octanol–water partition coefficient (Wildman–Crippen LogP) is 3.47. The zero-order chi connectivity index (χ0) is 16.8. The minimum absolute atomic E-state index is 0.151. The van der Waals surface area contributed by atoms with Crippen molar-refractivity contribution in [3.8, 4) is 0 Å². The van der Waals surface area contributed by atoms with Gasteiger partial charge in [0.2, 0.25) is 0 Å². The molecule has 0 unspecified atom stereocenters. The lowest BCUT2D eigenvalue weighted by atomic mass is 10.1. The Morgan fingerprint density at radius 3 is 2.46 bits per heavy atom. The molecule has 1 aliphatic heterocycles. The molecule has 0 N–H and O–H groups in total. The lowest BCUT2D eigenvalue weighted by molar-refractivity contribution is 0.0650. The molecular weight excluding hydrogens is 296 g/mol. The number of benzene rings is 2. The quantitative estimate of drug-likeness (QED) is 0.861. The SMILES string of the molecule is Cc1cccc(C(=O)N2CCN(C/C=C/c3ccccc3)CC2)c1. The molecule has 2 aromatic carbocycles. The van der Waals surface area contributed by atoms with Crippen molar-refractivity contribution in [1.82, 2.24) is 9.80 Å². The Morgan fingerprint density at radius 1 is 1.00 bits per heavy atom. The molecule has 0 atom stereocenters. The minimum atomic E-state index is 0.151. The number of rotatable bonds is 4. The number of carbonyl (C=O) groups excluding carboxylic acids is 1. The van der Waals surface area contributed by atoms with Crippen LogP contribution in [0.5, 0.6) is 0 Å². The van der Waals surface area contributed by atoms with Crippen LogP contribution in [0.2, 0.25) is 0 Å². The first-order valence-electron chi connectivity index (χ1n) is 8.52. The third kappa shape index (κ3) is 4.33. The van der Waals surface area contributed by atoms with Crippen molar-refractivity contribution in [2.45, 2.75) is 6.92 Å². The normalized spacial score (nSPS) is 15.8. The van der Waals surface area contributed by atoms with Crippen molar-refractivity contribution >= 4 is 12.0 Å². The van der Waals surface area contributed by atoms with E-state index in [4.69, 9.17) is 0 Å². The lowest BCUT2D eigenvalue weighted by Crippen LogP contribution is -2.48. The molecule has 1 fully saturated rings. The summed E-state index contributed by atoms with van der Waals surface area (Å²) >= 11 is 0. The number of aryl methyl sites for hydroxylation is 1.